The Morgan fingerprint density at radius 2 is 2.36 bits per heavy atom. The van der Waals surface area contributed by atoms with Crippen LogP contribution < -0.4 is 5.32 Å². The van der Waals surface area contributed by atoms with Crippen molar-refractivity contribution < 1.29 is 4.39 Å². The van der Waals surface area contributed by atoms with E-state index in [1.165, 1.54) is 6.07 Å². The average molecular weight is 152 g/mol. The maximum Gasteiger partial charge on any atom is 0.213 e. The monoisotopic (exact) mass is 152 g/mol. The lowest BCUT2D eigenvalue weighted by Gasteiger charge is -2.26. The van der Waals surface area contributed by atoms with Crippen molar-refractivity contribution >= 4 is 0 Å². The third-order valence-corrected chi connectivity index (χ3v) is 1.92. The van der Waals surface area contributed by atoms with Crippen LogP contribution in [0.5, 0.6) is 0 Å². The molecule has 2 rings (SSSR count). The third kappa shape index (κ3) is 1.24. The topological polar surface area (TPSA) is 24.9 Å². The van der Waals surface area contributed by atoms with Crippen LogP contribution in [0.15, 0.2) is 18.2 Å². The van der Waals surface area contributed by atoms with Crippen molar-refractivity contribution in [1.29, 1.82) is 0 Å². The zero-order valence-electron chi connectivity index (χ0n) is 6.05. The van der Waals surface area contributed by atoms with Crippen molar-refractivity contribution in [2.45, 2.75) is 12.5 Å². The van der Waals surface area contributed by atoms with Gasteiger partial charge in [-0.3, -0.25) is 0 Å². The van der Waals surface area contributed by atoms with Gasteiger partial charge in [0.1, 0.15) is 0 Å². The highest BCUT2D eigenvalue weighted by Gasteiger charge is 2.19. The molecule has 0 saturated carbocycles. The maximum atomic E-state index is 12.5. The van der Waals surface area contributed by atoms with Crippen molar-refractivity contribution in [3.05, 3.63) is 29.8 Å². The van der Waals surface area contributed by atoms with Crippen molar-refractivity contribution in [2.75, 3.05) is 6.54 Å². The number of aromatic nitrogens is 1. The molecule has 1 aliphatic rings. The fourth-order valence-electron chi connectivity index (χ4n) is 1.16. The van der Waals surface area contributed by atoms with Gasteiger partial charge in [-0.15, -0.1) is 0 Å². The number of rotatable bonds is 1. The maximum absolute atomic E-state index is 12.5. The second kappa shape index (κ2) is 2.58. The number of pyridine rings is 1. The first-order valence-electron chi connectivity index (χ1n) is 3.72. The van der Waals surface area contributed by atoms with E-state index in [0.29, 0.717) is 0 Å². The minimum atomic E-state index is -0.392. The highest BCUT2D eigenvalue weighted by molar-refractivity contribution is 5.11. The lowest BCUT2D eigenvalue weighted by Crippen LogP contribution is -2.35. The molecule has 1 saturated heterocycles. The first-order chi connectivity index (χ1) is 5.36. The minimum absolute atomic E-state index is 0.283. The summed E-state index contributed by atoms with van der Waals surface area (Å²) in [6.45, 7) is 1.02. The smallest absolute Gasteiger partial charge is 0.213 e. The third-order valence-electron chi connectivity index (χ3n) is 1.92. The largest absolute Gasteiger partial charge is 0.309 e. The van der Waals surface area contributed by atoms with Crippen molar-refractivity contribution in [2.24, 2.45) is 0 Å². The highest BCUT2D eigenvalue weighted by atomic mass is 19.1. The molecule has 3 heteroatoms. The number of hydrogen-bond acceptors (Lipinski definition) is 2. The molecular formula is C8H9FN2. The van der Waals surface area contributed by atoms with E-state index >= 15 is 0 Å². The van der Waals surface area contributed by atoms with E-state index in [1.54, 1.807) is 6.07 Å². The Morgan fingerprint density at radius 3 is 2.91 bits per heavy atom. The normalized spacial score (nSPS) is 22.8. The second-order valence-corrected chi connectivity index (χ2v) is 2.68. The Balaban J connectivity index is 2.23. The summed E-state index contributed by atoms with van der Waals surface area (Å²) < 4.78 is 12.5. The van der Waals surface area contributed by atoms with Gasteiger partial charge in [-0.05, 0) is 25.1 Å². The van der Waals surface area contributed by atoms with Crippen LogP contribution in [0.2, 0.25) is 0 Å². The summed E-state index contributed by atoms with van der Waals surface area (Å²) in [5, 5.41) is 3.16. The predicted octanol–water partition coefficient (Wildman–Crippen LogP) is 1.26. The highest BCUT2D eigenvalue weighted by Crippen LogP contribution is 2.20. The zero-order valence-corrected chi connectivity index (χ0v) is 6.05. The quantitative estimate of drug-likeness (QED) is 0.613. The molecule has 11 heavy (non-hydrogen) atoms. The minimum Gasteiger partial charge on any atom is -0.309 e. The molecule has 0 radical (unpaired) electrons. The van der Waals surface area contributed by atoms with E-state index in [4.69, 9.17) is 0 Å². The van der Waals surface area contributed by atoms with E-state index in [1.807, 2.05) is 6.07 Å². The summed E-state index contributed by atoms with van der Waals surface area (Å²) in [5.41, 5.74) is 0.816. The van der Waals surface area contributed by atoms with E-state index in [9.17, 15) is 4.39 Å². The Kier molecular flexibility index (Phi) is 1.58. The SMILES string of the molecule is Fc1cccc(C2CCN2)n1. The predicted molar refractivity (Wildman–Crippen MR) is 39.6 cm³/mol. The molecular weight excluding hydrogens is 143 g/mol. The molecule has 2 nitrogen and oxygen atoms in total. The molecule has 2 heterocycles. The van der Waals surface area contributed by atoms with Gasteiger partial charge >= 0.3 is 0 Å². The van der Waals surface area contributed by atoms with Gasteiger partial charge in [0.05, 0.1) is 11.7 Å². The summed E-state index contributed by atoms with van der Waals surface area (Å²) in [5.74, 6) is -0.392. The molecule has 1 aromatic rings. The summed E-state index contributed by atoms with van der Waals surface area (Å²) in [6, 6.07) is 5.19. The fraction of sp³-hybridized carbons (Fsp3) is 0.375. The van der Waals surface area contributed by atoms with Crippen LogP contribution in [0.3, 0.4) is 0 Å². The van der Waals surface area contributed by atoms with Crippen LogP contribution in [-0.4, -0.2) is 11.5 Å². The van der Waals surface area contributed by atoms with Gasteiger partial charge in [0.25, 0.3) is 0 Å². The number of halogens is 1. The lowest BCUT2D eigenvalue weighted by molar-refractivity contribution is 0.370. The summed E-state index contributed by atoms with van der Waals surface area (Å²) in [6.07, 6.45) is 1.07. The molecule has 0 bridgehead atoms. The van der Waals surface area contributed by atoms with Gasteiger partial charge < -0.3 is 5.32 Å². The molecule has 1 aliphatic heterocycles. The summed E-state index contributed by atoms with van der Waals surface area (Å²) in [4.78, 5) is 3.77. The van der Waals surface area contributed by atoms with Gasteiger partial charge in [0, 0.05) is 0 Å². The molecule has 0 amide bonds. The molecule has 1 aromatic heterocycles. The van der Waals surface area contributed by atoms with Crippen LogP contribution in [-0.2, 0) is 0 Å². The Morgan fingerprint density at radius 1 is 1.55 bits per heavy atom. The fourth-order valence-corrected chi connectivity index (χ4v) is 1.16. The van der Waals surface area contributed by atoms with E-state index in [0.717, 1.165) is 18.7 Å². The van der Waals surface area contributed by atoms with Crippen LogP contribution in [0.1, 0.15) is 18.2 Å². The Bertz CT molecular complexity index is 258. The first kappa shape index (κ1) is 6.73. The van der Waals surface area contributed by atoms with Crippen LogP contribution in [0.4, 0.5) is 4.39 Å². The lowest BCUT2D eigenvalue weighted by atomic mass is 10.0. The van der Waals surface area contributed by atoms with Gasteiger partial charge in [-0.2, -0.15) is 4.39 Å². The van der Waals surface area contributed by atoms with E-state index in [2.05, 4.69) is 10.3 Å². The zero-order chi connectivity index (χ0) is 7.68. The van der Waals surface area contributed by atoms with E-state index in [-0.39, 0.29) is 6.04 Å². The molecule has 1 atom stereocenters. The summed E-state index contributed by atoms with van der Waals surface area (Å²) in [7, 11) is 0. The van der Waals surface area contributed by atoms with Crippen LogP contribution in [0.25, 0.3) is 0 Å². The molecule has 0 aromatic carbocycles. The molecule has 1 N–H and O–H groups in total. The summed E-state index contributed by atoms with van der Waals surface area (Å²) >= 11 is 0. The van der Waals surface area contributed by atoms with Crippen molar-refractivity contribution in [1.82, 2.24) is 10.3 Å². The van der Waals surface area contributed by atoms with Gasteiger partial charge in [0.15, 0.2) is 0 Å². The van der Waals surface area contributed by atoms with Gasteiger partial charge in [0.2, 0.25) is 5.95 Å². The number of nitrogens with one attached hydrogen (secondary N) is 1. The molecule has 0 aliphatic carbocycles. The van der Waals surface area contributed by atoms with Crippen LogP contribution in [0, 0.1) is 5.95 Å². The molecule has 0 spiro atoms. The van der Waals surface area contributed by atoms with E-state index < -0.39 is 5.95 Å². The number of hydrogen-bond donors (Lipinski definition) is 1. The standard InChI is InChI=1S/C8H9FN2/c9-8-3-1-2-7(11-8)6-4-5-10-6/h1-3,6,10H,4-5H2. The second-order valence-electron chi connectivity index (χ2n) is 2.68. The van der Waals surface area contributed by atoms with Crippen LogP contribution >= 0.6 is 0 Å². The Hall–Kier alpha value is -0.960. The number of nitrogens with zero attached hydrogens (tertiary/aromatic N) is 1. The van der Waals surface area contributed by atoms with Crippen molar-refractivity contribution in [3.63, 3.8) is 0 Å². The molecule has 1 unspecified atom stereocenters. The van der Waals surface area contributed by atoms with Crippen molar-refractivity contribution in [3.8, 4) is 0 Å². The Labute approximate surface area is 64.5 Å². The first-order valence-corrected chi connectivity index (χ1v) is 3.72. The average Bonchev–Trinajstić information content (AvgIpc) is 1.83. The van der Waals surface area contributed by atoms with Gasteiger partial charge in [-0.1, -0.05) is 6.07 Å². The molecule has 1 fully saturated rings. The molecule has 58 valence electrons. The van der Waals surface area contributed by atoms with Gasteiger partial charge in [-0.25, -0.2) is 4.98 Å².